The first-order chi connectivity index (χ1) is 23.7. The molecule has 13 heteroatoms. The number of hydrogen-bond acceptors (Lipinski definition) is 8. The SMILES string of the molecule is C=C[C@@H]1C[C@]1(NC(=O)[C@@H]1CN(c2ccc(-c3ccccc3)cc2)CN1C(=O)C(NC(=O)OC1CCCC1)C(C)(C)C)C(=O)NS(=O)(=O)C1CC1. The molecule has 12 nitrogen and oxygen atoms in total. The maximum absolute atomic E-state index is 14.5. The molecule has 3 aliphatic carbocycles. The van der Waals surface area contributed by atoms with Crippen LogP contribution in [0.1, 0.15) is 65.7 Å². The first-order valence-corrected chi connectivity index (χ1v) is 18.9. The van der Waals surface area contributed by atoms with Crippen LogP contribution >= 0.6 is 0 Å². The predicted octanol–water partition coefficient (Wildman–Crippen LogP) is 4.08. The zero-order chi connectivity index (χ0) is 35.8. The number of ether oxygens (including phenoxy) is 1. The molecule has 268 valence electrons. The van der Waals surface area contributed by atoms with Crippen molar-refractivity contribution in [3.63, 3.8) is 0 Å². The van der Waals surface area contributed by atoms with E-state index >= 15 is 0 Å². The zero-order valence-corrected chi connectivity index (χ0v) is 29.7. The molecule has 4 amide bonds. The fraction of sp³-hybridized carbons (Fsp3) is 0.514. The number of alkyl carbamates (subject to hydrolysis) is 1. The first-order valence-electron chi connectivity index (χ1n) is 17.4. The lowest BCUT2D eigenvalue weighted by atomic mass is 9.85. The van der Waals surface area contributed by atoms with E-state index in [1.807, 2.05) is 80.3 Å². The van der Waals surface area contributed by atoms with Crippen LogP contribution in [0.15, 0.2) is 67.3 Å². The first kappa shape index (κ1) is 35.4. The van der Waals surface area contributed by atoms with E-state index in [1.54, 1.807) is 0 Å². The Kier molecular flexibility index (Phi) is 9.73. The Hall–Kier alpha value is -4.39. The standard InChI is InChI=1S/C37H47N5O7S/c1-5-26-21-37(26,34(45)40-50(47,48)29-19-20-29)39-32(43)30-22-41(27-17-15-25(16-18-27)24-11-7-6-8-12-24)23-42(30)33(44)31(36(2,3)4)38-35(46)49-28-13-9-10-14-28/h5-8,11-12,15-18,26,28-31H,1,9-10,13-14,19-23H2,2-4H3,(H,38,46)(H,39,43)(H,40,45)/t26-,30+,31?,37-/m1/s1. The molecule has 4 atom stereocenters. The van der Waals surface area contributed by atoms with Gasteiger partial charge in [0.05, 0.1) is 11.9 Å². The predicted molar refractivity (Wildman–Crippen MR) is 189 cm³/mol. The van der Waals surface area contributed by atoms with E-state index < -0.39 is 68.0 Å². The Morgan fingerprint density at radius 1 is 0.960 bits per heavy atom. The lowest BCUT2D eigenvalue weighted by molar-refractivity contribution is -0.142. The zero-order valence-electron chi connectivity index (χ0n) is 28.9. The summed E-state index contributed by atoms with van der Waals surface area (Å²) in [6.45, 7) is 9.40. The minimum absolute atomic E-state index is 0.0354. The maximum atomic E-state index is 14.5. The number of amides is 4. The topological polar surface area (TPSA) is 154 Å². The van der Waals surface area contributed by atoms with Gasteiger partial charge in [-0.3, -0.25) is 19.1 Å². The van der Waals surface area contributed by atoms with Gasteiger partial charge in [-0.25, -0.2) is 13.2 Å². The number of rotatable bonds is 11. The monoisotopic (exact) mass is 705 g/mol. The lowest BCUT2D eigenvalue weighted by Crippen LogP contribution is -2.60. The van der Waals surface area contributed by atoms with E-state index in [4.69, 9.17) is 4.74 Å². The number of nitrogens with one attached hydrogen (secondary N) is 3. The summed E-state index contributed by atoms with van der Waals surface area (Å²) in [6.07, 6.45) is 5.28. The second-order valence-corrected chi connectivity index (χ2v) is 17.0. The maximum Gasteiger partial charge on any atom is 0.408 e. The Morgan fingerprint density at radius 2 is 1.60 bits per heavy atom. The Labute approximate surface area is 294 Å². The summed E-state index contributed by atoms with van der Waals surface area (Å²) in [5, 5.41) is 5.00. The molecule has 0 aromatic heterocycles. The van der Waals surface area contributed by atoms with Gasteiger partial charge in [-0.1, -0.05) is 69.3 Å². The lowest BCUT2D eigenvalue weighted by Gasteiger charge is -2.35. The quantitative estimate of drug-likeness (QED) is 0.296. The minimum atomic E-state index is -3.87. The van der Waals surface area contributed by atoms with Crippen LogP contribution < -0.4 is 20.3 Å². The highest BCUT2D eigenvalue weighted by molar-refractivity contribution is 7.91. The highest BCUT2D eigenvalue weighted by Gasteiger charge is 2.62. The summed E-state index contributed by atoms with van der Waals surface area (Å²) < 4.78 is 33.1. The molecule has 1 saturated heterocycles. The number of anilines is 1. The van der Waals surface area contributed by atoms with Gasteiger partial charge in [0, 0.05) is 18.2 Å². The van der Waals surface area contributed by atoms with Gasteiger partial charge in [0.2, 0.25) is 21.8 Å². The third kappa shape index (κ3) is 7.52. The average Bonchev–Trinajstić information content (AvgIpc) is 3.96. The van der Waals surface area contributed by atoms with E-state index in [0.29, 0.717) is 12.8 Å². The van der Waals surface area contributed by atoms with Crippen LogP contribution in [0.5, 0.6) is 0 Å². The van der Waals surface area contributed by atoms with Crippen molar-refractivity contribution >= 4 is 39.5 Å². The molecule has 4 aliphatic rings. The van der Waals surface area contributed by atoms with Crippen LogP contribution in [0.3, 0.4) is 0 Å². The molecule has 3 N–H and O–H groups in total. The largest absolute Gasteiger partial charge is 0.446 e. The van der Waals surface area contributed by atoms with Crippen molar-refractivity contribution in [2.75, 3.05) is 18.1 Å². The van der Waals surface area contributed by atoms with Crippen LogP contribution in [0.4, 0.5) is 10.5 Å². The molecule has 4 fully saturated rings. The Bertz CT molecular complexity index is 1730. The van der Waals surface area contributed by atoms with E-state index in [9.17, 15) is 27.6 Å². The minimum Gasteiger partial charge on any atom is -0.446 e. The van der Waals surface area contributed by atoms with Gasteiger partial charge in [0.25, 0.3) is 5.91 Å². The number of sulfonamides is 1. The third-order valence-corrected chi connectivity index (χ3v) is 12.0. The molecular weight excluding hydrogens is 659 g/mol. The van der Waals surface area contributed by atoms with Crippen molar-refractivity contribution < 1.29 is 32.3 Å². The molecule has 50 heavy (non-hydrogen) atoms. The summed E-state index contributed by atoms with van der Waals surface area (Å²) >= 11 is 0. The van der Waals surface area contributed by atoms with Gasteiger partial charge in [0.15, 0.2) is 0 Å². The van der Waals surface area contributed by atoms with Crippen molar-refractivity contribution in [1.82, 2.24) is 20.3 Å². The molecule has 1 aliphatic heterocycles. The molecule has 0 radical (unpaired) electrons. The van der Waals surface area contributed by atoms with Crippen molar-refractivity contribution in [3.8, 4) is 11.1 Å². The molecule has 2 aromatic rings. The molecular formula is C37H47N5O7S. The van der Waals surface area contributed by atoms with E-state index in [1.165, 1.54) is 11.0 Å². The number of hydrogen-bond donors (Lipinski definition) is 3. The average molecular weight is 706 g/mol. The van der Waals surface area contributed by atoms with Crippen LogP contribution in [0, 0.1) is 11.3 Å². The summed E-state index contributed by atoms with van der Waals surface area (Å²) in [7, 11) is -3.87. The summed E-state index contributed by atoms with van der Waals surface area (Å²) in [6, 6.07) is 15.6. The van der Waals surface area contributed by atoms with Crippen molar-refractivity contribution in [2.24, 2.45) is 11.3 Å². The Morgan fingerprint density at radius 3 is 2.18 bits per heavy atom. The molecule has 0 bridgehead atoms. The molecule has 1 heterocycles. The molecule has 3 saturated carbocycles. The van der Waals surface area contributed by atoms with Gasteiger partial charge in [-0.15, -0.1) is 6.58 Å². The van der Waals surface area contributed by atoms with E-state index in [0.717, 1.165) is 42.5 Å². The molecule has 1 unspecified atom stereocenters. The number of nitrogens with zero attached hydrogens (tertiary/aromatic N) is 2. The van der Waals surface area contributed by atoms with Crippen LogP contribution in [-0.4, -0.2) is 79.3 Å². The fourth-order valence-electron chi connectivity index (χ4n) is 6.92. The molecule has 2 aromatic carbocycles. The third-order valence-electron chi connectivity index (χ3n) is 10.2. The second-order valence-electron chi connectivity index (χ2n) is 15.0. The fourth-order valence-corrected chi connectivity index (χ4v) is 8.28. The van der Waals surface area contributed by atoms with E-state index in [2.05, 4.69) is 21.9 Å². The summed E-state index contributed by atoms with van der Waals surface area (Å²) in [5.41, 5.74) is 0.573. The normalized spacial score (nSPS) is 24.3. The van der Waals surface area contributed by atoms with Crippen molar-refractivity contribution in [1.29, 1.82) is 0 Å². The number of benzene rings is 2. The van der Waals surface area contributed by atoms with Gasteiger partial charge in [-0.2, -0.15) is 0 Å². The van der Waals surface area contributed by atoms with Crippen molar-refractivity contribution in [3.05, 3.63) is 67.3 Å². The van der Waals surface area contributed by atoms with Gasteiger partial charge in [-0.05, 0) is 73.6 Å². The molecule has 0 spiro atoms. The summed E-state index contributed by atoms with van der Waals surface area (Å²) in [5.74, 6) is -2.38. The van der Waals surface area contributed by atoms with Gasteiger partial charge < -0.3 is 25.2 Å². The second kappa shape index (κ2) is 13.7. The molecule has 6 rings (SSSR count). The van der Waals surface area contributed by atoms with Crippen molar-refractivity contribution in [2.45, 2.75) is 94.7 Å². The highest BCUT2D eigenvalue weighted by Crippen LogP contribution is 2.45. The van der Waals surface area contributed by atoms with E-state index in [-0.39, 0.29) is 25.7 Å². The van der Waals surface area contributed by atoms with Gasteiger partial charge >= 0.3 is 6.09 Å². The highest BCUT2D eigenvalue weighted by atomic mass is 32.2. The van der Waals surface area contributed by atoms with Crippen LogP contribution in [-0.2, 0) is 29.1 Å². The number of carbonyl (C=O) groups is 4. The van der Waals surface area contributed by atoms with Crippen LogP contribution in [0.2, 0.25) is 0 Å². The summed E-state index contributed by atoms with van der Waals surface area (Å²) in [4.78, 5) is 58.5. The smallest absolute Gasteiger partial charge is 0.408 e. The van der Waals surface area contributed by atoms with Crippen LogP contribution in [0.25, 0.3) is 11.1 Å². The number of carbonyl (C=O) groups excluding carboxylic acids is 4. The van der Waals surface area contributed by atoms with Gasteiger partial charge in [0.1, 0.15) is 23.7 Å². The Balaban J connectivity index is 1.26.